The molecule has 0 aromatic heterocycles. The van der Waals surface area contributed by atoms with Crippen LogP contribution in [0.15, 0.2) is 59.5 Å². The third-order valence-electron chi connectivity index (χ3n) is 2.12. The molecule has 0 saturated heterocycles. The number of carboxylic acids is 2. The molecule has 2 aromatic carbocycles. The summed E-state index contributed by atoms with van der Waals surface area (Å²) in [6, 6.07) is 15.0. The number of aromatic carboxylic acids is 2. The molecule has 0 atom stereocenters. The van der Waals surface area contributed by atoms with Crippen molar-refractivity contribution >= 4 is 24.6 Å². The number of hydrogen-bond donors (Lipinski definition) is 1. The Kier molecular flexibility index (Phi) is 12.8. The van der Waals surface area contributed by atoms with E-state index in [0.29, 0.717) is 0 Å². The second kappa shape index (κ2) is 11.9. The van der Waals surface area contributed by atoms with Crippen molar-refractivity contribution in [2.45, 2.75) is 4.90 Å². The first kappa shape index (κ1) is 22.6. The molecule has 2 rings (SSSR count). The third-order valence-corrected chi connectivity index (χ3v) is 2.45. The molecule has 21 heavy (non-hydrogen) atoms. The molecule has 0 saturated carbocycles. The van der Waals surface area contributed by atoms with E-state index in [1.54, 1.807) is 0 Å². The molecule has 0 amide bonds. The van der Waals surface area contributed by atoms with E-state index in [2.05, 4.69) is 12.6 Å². The third kappa shape index (κ3) is 9.05. The summed E-state index contributed by atoms with van der Waals surface area (Å²) in [7, 11) is 0. The molecule has 0 unspecified atom stereocenters. The molecule has 0 spiro atoms. The first-order valence-electron chi connectivity index (χ1n) is 5.32. The summed E-state index contributed by atoms with van der Waals surface area (Å²) in [5.74, 6) is -2.53. The van der Waals surface area contributed by atoms with Crippen molar-refractivity contribution in [2.75, 3.05) is 0 Å². The molecule has 0 heterocycles. The molecular weight excluding hydrogens is 319 g/mol. The minimum absolute atomic E-state index is 0. The monoisotopic (exact) mass is 332 g/mol. The quantitative estimate of drug-likeness (QED) is 0.489. The summed E-state index contributed by atoms with van der Waals surface area (Å²) in [5, 5.41) is 18.7. The van der Waals surface area contributed by atoms with Crippen LogP contribution in [0.2, 0.25) is 0 Å². The van der Waals surface area contributed by atoms with Gasteiger partial charge in [-0.2, -0.15) is 0 Å². The van der Waals surface area contributed by atoms with Gasteiger partial charge in [-0.1, -0.05) is 30.3 Å². The molecule has 2 N–H and O–H groups in total. The van der Waals surface area contributed by atoms with E-state index >= 15 is 0 Å². The van der Waals surface area contributed by atoms with Gasteiger partial charge in [-0.05, 0) is 42.5 Å². The van der Waals surface area contributed by atoms with Crippen LogP contribution in [0.3, 0.4) is 0 Å². The van der Waals surface area contributed by atoms with Gasteiger partial charge in [0.05, 0.1) is 11.5 Å². The van der Waals surface area contributed by atoms with Crippen LogP contribution in [-0.4, -0.2) is 22.5 Å². The molecule has 0 fully saturated rings. The van der Waals surface area contributed by atoms with Crippen LogP contribution in [-0.2, 0) is 12.6 Å². The summed E-state index contributed by atoms with van der Waals surface area (Å²) in [6.45, 7) is 0. The summed E-state index contributed by atoms with van der Waals surface area (Å²) in [6.07, 6.45) is 0. The predicted octanol–water partition coefficient (Wildman–Crippen LogP) is -2.37. The SMILES string of the molecule is O=C([O-])c1cccc(C(=O)O)c1.[K+].[OH-].[SH2+]c1ccccc1. The van der Waals surface area contributed by atoms with Gasteiger partial charge < -0.3 is 20.5 Å². The summed E-state index contributed by atoms with van der Waals surface area (Å²) in [5.41, 5.74) is -0.188. The van der Waals surface area contributed by atoms with Gasteiger partial charge in [-0.3, -0.25) is 0 Å². The Bertz CT molecular complexity index is 545. The maximum absolute atomic E-state index is 10.4. The average Bonchev–Trinajstić information content (AvgIpc) is 2.40. The van der Waals surface area contributed by atoms with E-state index in [-0.39, 0.29) is 68.0 Å². The van der Waals surface area contributed by atoms with Gasteiger partial charge in [0.15, 0.2) is 0 Å². The van der Waals surface area contributed by atoms with E-state index in [4.69, 9.17) is 5.11 Å². The van der Waals surface area contributed by atoms with Gasteiger partial charge in [0.1, 0.15) is 4.90 Å². The van der Waals surface area contributed by atoms with Crippen molar-refractivity contribution in [3.05, 3.63) is 65.7 Å². The number of carbonyl (C=O) groups excluding carboxylic acids is 1. The molecule has 0 aliphatic heterocycles. The Morgan fingerprint density at radius 1 is 0.952 bits per heavy atom. The predicted molar refractivity (Wildman–Crippen MR) is 74.5 cm³/mol. The van der Waals surface area contributed by atoms with Crippen LogP contribution in [0.5, 0.6) is 0 Å². The minimum atomic E-state index is -1.38. The summed E-state index contributed by atoms with van der Waals surface area (Å²) in [4.78, 5) is 21.8. The first-order valence-corrected chi connectivity index (χ1v) is 5.82. The van der Waals surface area contributed by atoms with Crippen molar-refractivity contribution in [1.82, 2.24) is 0 Å². The van der Waals surface area contributed by atoms with Crippen LogP contribution < -0.4 is 56.5 Å². The van der Waals surface area contributed by atoms with E-state index < -0.39 is 11.9 Å². The molecular formula is C14H13KO5S. The number of carboxylic acid groups (broad SMARTS) is 2. The number of rotatable bonds is 2. The Balaban J connectivity index is 0. The topological polar surface area (TPSA) is 107 Å². The van der Waals surface area contributed by atoms with Crippen molar-refractivity contribution in [2.24, 2.45) is 0 Å². The van der Waals surface area contributed by atoms with E-state index in [0.717, 1.165) is 11.0 Å². The Morgan fingerprint density at radius 3 is 1.86 bits per heavy atom. The second-order valence-corrected chi connectivity index (χ2v) is 4.12. The first-order chi connectivity index (χ1) is 9.00. The van der Waals surface area contributed by atoms with E-state index in [9.17, 15) is 14.7 Å². The number of carbonyl (C=O) groups is 2. The van der Waals surface area contributed by atoms with Gasteiger partial charge in [0.25, 0.3) is 0 Å². The second-order valence-electron chi connectivity index (χ2n) is 3.54. The molecule has 0 bridgehead atoms. The standard InChI is InChI=1S/C8H6O4.C6H6S.K.H2O/c9-7(10)5-2-1-3-6(4-5)8(11)12;7-6-4-2-1-3-5-6;;/h1-4H,(H,9,10)(H,11,12);1-5,7H;;1H2/q;;+1;/p-1. The molecule has 5 nitrogen and oxygen atoms in total. The van der Waals surface area contributed by atoms with Crippen LogP contribution >= 0.6 is 0 Å². The van der Waals surface area contributed by atoms with Crippen molar-refractivity contribution < 1.29 is 76.7 Å². The molecule has 106 valence electrons. The fraction of sp³-hybridized carbons (Fsp3) is 0. The van der Waals surface area contributed by atoms with Gasteiger partial charge >= 0.3 is 57.4 Å². The summed E-state index contributed by atoms with van der Waals surface area (Å²) >= 11 is 3.36. The Labute approximate surface area is 170 Å². The van der Waals surface area contributed by atoms with Gasteiger partial charge in [-0.25, -0.2) is 4.79 Å². The zero-order valence-electron chi connectivity index (χ0n) is 11.3. The van der Waals surface area contributed by atoms with E-state index in [1.165, 1.54) is 18.2 Å². The van der Waals surface area contributed by atoms with Crippen LogP contribution in [0, 0.1) is 0 Å². The fourth-order valence-corrected chi connectivity index (χ4v) is 1.41. The zero-order valence-corrected chi connectivity index (χ0v) is 15.4. The van der Waals surface area contributed by atoms with Gasteiger partial charge in [0.2, 0.25) is 0 Å². The molecule has 2 aromatic rings. The molecule has 0 aliphatic carbocycles. The largest absolute Gasteiger partial charge is 1.00 e. The average molecular weight is 332 g/mol. The molecule has 0 aliphatic rings. The van der Waals surface area contributed by atoms with Gasteiger partial charge in [-0.15, -0.1) is 0 Å². The number of hydrogen-bond acceptors (Lipinski definition) is 4. The molecule has 0 radical (unpaired) electrons. The van der Waals surface area contributed by atoms with Crippen LogP contribution in [0.25, 0.3) is 0 Å². The smallest absolute Gasteiger partial charge is 0.870 e. The van der Waals surface area contributed by atoms with Crippen molar-refractivity contribution in [3.63, 3.8) is 0 Å². The van der Waals surface area contributed by atoms with E-state index in [1.807, 2.05) is 30.3 Å². The maximum atomic E-state index is 10.4. The maximum Gasteiger partial charge on any atom is 1.00 e. The van der Waals surface area contributed by atoms with Crippen molar-refractivity contribution in [3.8, 4) is 0 Å². The summed E-state index contributed by atoms with van der Waals surface area (Å²) < 4.78 is 0. The van der Waals surface area contributed by atoms with Crippen LogP contribution in [0.1, 0.15) is 20.7 Å². The minimum Gasteiger partial charge on any atom is -0.870 e. The Hall–Kier alpha value is -0.674. The van der Waals surface area contributed by atoms with Crippen molar-refractivity contribution in [1.29, 1.82) is 0 Å². The Morgan fingerprint density at radius 2 is 1.48 bits per heavy atom. The number of benzene rings is 2. The zero-order chi connectivity index (χ0) is 14.3. The van der Waals surface area contributed by atoms with Gasteiger partial charge in [0, 0.05) is 0 Å². The normalized spacial score (nSPS) is 8.24. The fourth-order valence-electron chi connectivity index (χ4n) is 1.22. The molecule has 7 heteroatoms. The van der Waals surface area contributed by atoms with Crippen LogP contribution in [0.4, 0.5) is 0 Å².